The molecule has 2 saturated heterocycles. The van der Waals surface area contributed by atoms with Crippen molar-refractivity contribution < 1.29 is 36.0 Å². The van der Waals surface area contributed by atoms with Gasteiger partial charge in [0.15, 0.2) is 0 Å². The number of amides is 3. The third-order valence-corrected chi connectivity index (χ3v) is 9.45. The molecule has 0 radical (unpaired) electrons. The summed E-state index contributed by atoms with van der Waals surface area (Å²) in [5.74, 6) is -1.77. The van der Waals surface area contributed by atoms with E-state index >= 15 is 0 Å². The van der Waals surface area contributed by atoms with Gasteiger partial charge in [-0.1, -0.05) is 23.7 Å². The molecule has 1 N–H and O–H groups in total. The van der Waals surface area contributed by atoms with Crippen LogP contribution in [0.15, 0.2) is 41.3 Å². The van der Waals surface area contributed by atoms with Gasteiger partial charge in [-0.05, 0) is 73.0 Å². The lowest BCUT2D eigenvalue weighted by Gasteiger charge is -2.17. The molecule has 0 spiro atoms. The van der Waals surface area contributed by atoms with Crippen LogP contribution in [0.2, 0.25) is 5.02 Å². The first-order valence-electron chi connectivity index (χ1n) is 12.6. The number of imide groups is 1. The molecule has 3 amide bonds. The van der Waals surface area contributed by atoms with Gasteiger partial charge >= 0.3 is 16.4 Å². The number of rotatable bonds is 7. The number of hydrogen-bond donors (Lipinski definition) is 1. The maximum absolute atomic E-state index is 13.6. The van der Waals surface area contributed by atoms with Crippen molar-refractivity contribution in [2.45, 2.75) is 32.5 Å². The van der Waals surface area contributed by atoms with E-state index in [2.05, 4.69) is 5.10 Å². The normalized spacial score (nSPS) is 17.6. The van der Waals surface area contributed by atoms with E-state index in [0.29, 0.717) is 51.7 Å². The zero-order chi connectivity index (χ0) is 30.4. The second-order valence-corrected chi connectivity index (χ2v) is 12.8. The van der Waals surface area contributed by atoms with E-state index in [1.807, 2.05) is 4.72 Å². The van der Waals surface area contributed by atoms with E-state index in [0.717, 1.165) is 10.4 Å². The second-order valence-electron chi connectivity index (χ2n) is 9.72. The smallest absolute Gasteiger partial charge is 0.272 e. The van der Waals surface area contributed by atoms with Crippen LogP contribution in [-0.2, 0) is 32.5 Å². The van der Waals surface area contributed by atoms with Crippen LogP contribution in [0, 0.1) is 6.92 Å². The van der Waals surface area contributed by atoms with Crippen molar-refractivity contribution in [2.24, 2.45) is 0 Å². The van der Waals surface area contributed by atoms with Crippen LogP contribution in [0.4, 0.5) is 18.0 Å². The molecule has 10 nitrogen and oxygen atoms in total. The average Bonchev–Trinajstić information content (AvgIpc) is 3.61. The standard InChI is InChI=1S/C26H23ClF3N5O5S2/c1-15-19-10-16(4-7-21(19)35(31-15)13-17-5-6-18(27)12-20(17)26(28,29)30)11-22-24(37)34(25(38)41-22)14-23(36)32-42(39,40)33-8-2-3-9-33/h4-7,10-12H,2-3,8-9,13-14H2,1H3,(H,32,36). The van der Waals surface area contributed by atoms with E-state index in [9.17, 15) is 36.0 Å². The molecule has 0 bridgehead atoms. The van der Waals surface area contributed by atoms with Gasteiger partial charge in [-0.3, -0.25) is 24.0 Å². The highest BCUT2D eigenvalue weighted by atomic mass is 35.5. The Kier molecular flexibility index (Phi) is 8.13. The van der Waals surface area contributed by atoms with Crippen molar-refractivity contribution in [3.05, 3.63) is 68.7 Å². The van der Waals surface area contributed by atoms with Gasteiger partial charge in [0.2, 0.25) is 0 Å². The van der Waals surface area contributed by atoms with Crippen LogP contribution in [0.5, 0.6) is 0 Å². The molecule has 2 aliphatic heterocycles. The summed E-state index contributed by atoms with van der Waals surface area (Å²) >= 11 is 6.40. The number of aryl methyl sites for hydroxylation is 1. The lowest BCUT2D eigenvalue weighted by Crippen LogP contribution is -2.46. The molecule has 16 heteroatoms. The maximum atomic E-state index is 13.6. The van der Waals surface area contributed by atoms with Crippen LogP contribution in [0.25, 0.3) is 17.0 Å². The fraction of sp³-hybridized carbons (Fsp3) is 0.308. The van der Waals surface area contributed by atoms with Crippen LogP contribution >= 0.6 is 23.4 Å². The Balaban J connectivity index is 1.34. The average molecular weight is 642 g/mol. The van der Waals surface area contributed by atoms with Crippen molar-refractivity contribution in [3.63, 3.8) is 0 Å². The molecule has 0 saturated carbocycles. The number of halogens is 4. The van der Waals surface area contributed by atoms with Gasteiger partial charge in [0.25, 0.3) is 17.1 Å². The van der Waals surface area contributed by atoms with E-state index in [1.165, 1.54) is 22.9 Å². The van der Waals surface area contributed by atoms with Gasteiger partial charge < -0.3 is 0 Å². The molecular weight excluding hydrogens is 619 g/mol. The largest absolute Gasteiger partial charge is 0.416 e. The van der Waals surface area contributed by atoms with Crippen molar-refractivity contribution in [1.82, 2.24) is 23.7 Å². The fourth-order valence-corrected chi connectivity index (χ4v) is 7.01. The molecule has 42 heavy (non-hydrogen) atoms. The third-order valence-electron chi connectivity index (χ3n) is 6.78. The summed E-state index contributed by atoms with van der Waals surface area (Å²) in [6, 6.07) is 8.51. The number of aromatic nitrogens is 2. The number of carbonyl (C=O) groups is 3. The zero-order valence-corrected chi connectivity index (χ0v) is 24.3. The minimum atomic E-state index is -4.60. The van der Waals surface area contributed by atoms with E-state index < -0.39 is 45.5 Å². The first-order valence-corrected chi connectivity index (χ1v) is 15.3. The van der Waals surface area contributed by atoms with E-state index in [4.69, 9.17) is 11.6 Å². The molecule has 0 unspecified atom stereocenters. The topological polar surface area (TPSA) is 122 Å². The highest BCUT2D eigenvalue weighted by Gasteiger charge is 2.38. The Labute approximate surface area is 247 Å². The van der Waals surface area contributed by atoms with Gasteiger partial charge in [-0.25, -0.2) is 4.72 Å². The molecule has 5 rings (SSSR count). The van der Waals surface area contributed by atoms with Crippen LogP contribution < -0.4 is 4.72 Å². The van der Waals surface area contributed by atoms with Crippen molar-refractivity contribution in [2.75, 3.05) is 19.6 Å². The Morgan fingerprint density at radius 1 is 1.14 bits per heavy atom. The number of alkyl halides is 3. The van der Waals surface area contributed by atoms with E-state index in [-0.39, 0.29) is 35.1 Å². The van der Waals surface area contributed by atoms with Crippen LogP contribution in [0.3, 0.4) is 0 Å². The lowest BCUT2D eigenvalue weighted by molar-refractivity contribution is -0.138. The monoisotopic (exact) mass is 641 g/mol. The summed E-state index contributed by atoms with van der Waals surface area (Å²) < 4.78 is 69.9. The van der Waals surface area contributed by atoms with Crippen LogP contribution in [0.1, 0.15) is 35.2 Å². The summed E-state index contributed by atoms with van der Waals surface area (Å²) in [4.78, 5) is 38.5. The molecule has 2 aliphatic rings. The molecule has 3 aromatic rings. The molecule has 1 aromatic heterocycles. The first kappa shape index (κ1) is 30.1. The summed E-state index contributed by atoms with van der Waals surface area (Å²) in [5.41, 5.74) is 0.736. The Morgan fingerprint density at radius 2 is 1.86 bits per heavy atom. The lowest BCUT2D eigenvalue weighted by atomic mass is 10.1. The van der Waals surface area contributed by atoms with Crippen molar-refractivity contribution in [1.29, 1.82) is 0 Å². The number of thioether (sulfide) groups is 1. The van der Waals surface area contributed by atoms with Gasteiger partial charge in [0, 0.05) is 23.5 Å². The molecular formula is C26H23ClF3N5O5S2. The minimum Gasteiger partial charge on any atom is -0.272 e. The van der Waals surface area contributed by atoms with Gasteiger partial charge in [0.1, 0.15) is 6.54 Å². The fourth-order valence-electron chi connectivity index (χ4n) is 4.78. The number of carbonyl (C=O) groups excluding carboxylic acids is 3. The Bertz CT molecular complexity index is 1750. The number of nitrogens with one attached hydrogen (secondary N) is 1. The van der Waals surface area contributed by atoms with Crippen molar-refractivity contribution in [3.8, 4) is 0 Å². The van der Waals surface area contributed by atoms with Gasteiger partial charge in [0.05, 0.1) is 28.2 Å². The number of benzene rings is 2. The molecule has 0 atom stereocenters. The van der Waals surface area contributed by atoms with E-state index in [1.54, 1.807) is 25.1 Å². The summed E-state index contributed by atoms with van der Waals surface area (Å²) in [6.45, 7) is 1.34. The summed E-state index contributed by atoms with van der Waals surface area (Å²) in [6.07, 6.45) is -1.80. The van der Waals surface area contributed by atoms with Crippen molar-refractivity contribution >= 4 is 67.6 Å². The number of nitrogens with zero attached hydrogens (tertiary/aromatic N) is 4. The highest BCUT2D eigenvalue weighted by Crippen LogP contribution is 2.35. The third kappa shape index (κ3) is 6.19. The molecule has 3 heterocycles. The first-order chi connectivity index (χ1) is 19.7. The quantitative estimate of drug-likeness (QED) is 0.376. The molecule has 2 fully saturated rings. The predicted octanol–water partition coefficient (Wildman–Crippen LogP) is 4.56. The maximum Gasteiger partial charge on any atom is 0.416 e. The Hall–Kier alpha value is -3.40. The molecule has 222 valence electrons. The summed E-state index contributed by atoms with van der Waals surface area (Å²) in [7, 11) is -4.06. The van der Waals surface area contributed by atoms with Crippen LogP contribution in [-0.4, -0.2) is 64.1 Å². The highest BCUT2D eigenvalue weighted by molar-refractivity contribution is 8.18. The van der Waals surface area contributed by atoms with Gasteiger partial charge in [-0.2, -0.15) is 31.0 Å². The predicted molar refractivity (Wildman–Crippen MR) is 151 cm³/mol. The zero-order valence-electron chi connectivity index (χ0n) is 21.9. The number of hydrogen-bond acceptors (Lipinski definition) is 7. The summed E-state index contributed by atoms with van der Waals surface area (Å²) in [5, 5.41) is 4.26. The van der Waals surface area contributed by atoms with Gasteiger partial charge in [-0.15, -0.1) is 0 Å². The molecule has 0 aliphatic carbocycles. The molecule has 2 aromatic carbocycles. The minimum absolute atomic E-state index is 0.00804. The Morgan fingerprint density at radius 3 is 2.55 bits per heavy atom. The number of fused-ring (bicyclic) bond motifs is 1. The SMILES string of the molecule is Cc1nn(Cc2ccc(Cl)cc2C(F)(F)F)c2ccc(C=C3SC(=O)N(CC(=O)NS(=O)(=O)N4CCCC4)C3=O)cc12. The second kappa shape index (κ2) is 11.4.